The van der Waals surface area contributed by atoms with Crippen molar-refractivity contribution in [1.82, 2.24) is 5.32 Å². The van der Waals surface area contributed by atoms with Crippen molar-refractivity contribution in [3.05, 3.63) is 28.2 Å². The normalized spacial score (nSPS) is 9.81. The Balaban J connectivity index is 2.63. The minimum atomic E-state index is -0.918. The number of carboxylic acid groups (broad SMARTS) is 1. The topological polar surface area (TPSA) is 105 Å². The van der Waals surface area contributed by atoms with Crippen molar-refractivity contribution in [3.8, 4) is 0 Å². The third-order valence-corrected chi connectivity index (χ3v) is 2.98. The Kier molecular flexibility index (Phi) is 6.67. The van der Waals surface area contributed by atoms with E-state index in [-0.39, 0.29) is 18.5 Å². The number of carboxylic acids is 1. The Morgan fingerprint density at radius 2 is 2.05 bits per heavy atom. The van der Waals surface area contributed by atoms with Crippen molar-refractivity contribution in [1.29, 1.82) is 0 Å². The first-order chi connectivity index (χ1) is 9.93. The summed E-state index contributed by atoms with van der Waals surface area (Å²) in [6.07, 6.45) is 0.304. The summed E-state index contributed by atoms with van der Waals surface area (Å²) in [7, 11) is 1.25. The van der Waals surface area contributed by atoms with Gasteiger partial charge >= 0.3 is 18.0 Å². The number of anilines is 1. The summed E-state index contributed by atoms with van der Waals surface area (Å²) >= 11 is 3.23. The summed E-state index contributed by atoms with van der Waals surface area (Å²) < 4.78 is 5.32. The third kappa shape index (κ3) is 5.82. The number of amides is 2. The predicted molar refractivity (Wildman–Crippen MR) is 79.4 cm³/mol. The lowest BCUT2D eigenvalue weighted by Crippen LogP contribution is -2.30. The van der Waals surface area contributed by atoms with Crippen LogP contribution in [0.5, 0.6) is 0 Å². The molecule has 114 valence electrons. The van der Waals surface area contributed by atoms with E-state index >= 15 is 0 Å². The van der Waals surface area contributed by atoms with Crippen molar-refractivity contribution >= 4 is 39.6 Å². The molecule has 1 aromatic rings. The number of nitrogens with one attached hydrogen (secondary N) is 2. The molecule has 0 bridgehead atoms. The monoisotopic (exact) mass is 358 g/mol. The number of urea groups is 1. The molecule has 2 amide bonds. The number of halogens is 1. The number of aliphatic carboxylic acids is 1. The fourth-order valence-corrected chi connectivity index (χ4v) is 1.87. The first-order valence-corrected chi connectivity index (χ1v) is 6.88. The van der Waals surface area contributed by atoms with Gasteiger partial charge in [0.25, 0.3) is 0 Å². The molecular weight excluding hydrogens is 344 g/mol. The largest absolute Gasteiger partial charge is 0.481 e. The van der Waals surface area contributed by atoms with E-state index in [0.717, 1.165) is 0 Å². The highest BCUT2D eigenvalue weighted by Crippen LogP contribution is 2.21. The van der Waals surface area contributed by atoms with Crippen molar-refractivity contribution in [2.75, 3.05) is 19.0 Å². The van der Waals surface area contributed by atoms with Crippen LogP contribution in [0.15, 0.2) is 22.7 Å². The molecule has 0 spiro atoms. The summed E-state index contributed by atoms with van der Waals surface area (Å²) in [5.41, 5.74) is 0.522. The minimum Gasteiger partial charge on any atom is -0.481 e. The van der Waals surface area contributed by atoms with E-state index in [1.165, 1.54) is 13.2 Å². The Morgan fingerprint density at radius 3 is 2.67 bits per heavy atom. The molecule has 1 aromatic carbocycles. The van der Waals surface area contributed by atoms with E-state index < -0.39 is 18.0 Å². The SMILES string of the molecule is COC(=O)c1cc(Br)ccc1NC(=O)NCCCC(=O)O. The molecule has 0 radical (unpaired) electrons. The number of esters is 1. The van der Waals surface area contributed by atoms with Crippen LogP contribution in [-0.2, 0) is 9.53 Å². The lowest BCUT2D eigenvalue weighted by molar-refractivity contribution is -0.137. The highest BCUT2D eigenvalue weighted by Gasteiger charge is 2.14. The zero-order valence-electron chi connectivity index (χ0n) is 11.3. The van der Waals surface area contributed by atoms with Crippen LogP contribution >= 0.6 is 15.9 Å². The van der Waals surface area contributed by atoms with Crippen molar-refractivity contribution < 1.29 is 24.2 Å². The molecule has 0 atom stereocenters. The van der Waals surface area contributed by atoms with Crippen molar-refractivity contribution in [3.63, 3.8) is 0 Å². The second kappa shape index (κ2) is 8.25. The number of ether oxygens (including phenoxy) is 1. The highest BCUT2D eigenvalue weighted by atomic mass is 79.9. The second-order valence-electron chi connectivity index (χ2n) is 4.06. The quantitative estimate of drug-likeness (QED) is 0.534. The molecule has 0 saturated heterocycles. The zero-order valence-corrected chi connectivity index (χ0v) is 12.9. The number of methoxy groups -OCH3 is 1. The fourth-order valence-electron chi connectivity index (χ4n) is 1.51. The lowest BCUT2D eigenvalue weighted by Gasteiger charge is -2.11. The molecule has 8 heteroatoms. The molecule has 0 unspecified atom stereocenters. The van der Waals surface area contributed by atoms with Gasteiger partial charge in [-0.2, -0.15) is 0 Å². The summed E-state index contributed by atoms with van der Waals surface area (Å²) in [6, 6.07) is 4.25. The Bertz CT molecular complexity index is 547. The van der Waals surface area contributed by atoms with Crippen LogP contribution in [0.3, 0.4) is 0 Å². The maximum absolute atomic E-state index is 11.7. The van der Waals surface area contributed by atoms with E-state index in [1.807, 2.05) is 0 Å². The van der Waals surface area contributed by atoms with Crippen molar-refractivity contribution in [2.24, 2.45) is 0 Å². The van der Waals surface area contributed by atoms with Crippen LogP contribution in [-0.4, -0.2) is 36.7 Å². The molecule has 0 aliphatic heterocycles. The number of rotatable bonds is 6. The van der Waals surface area contributed by atoms with Crippen LogP contribution in [0, 0.1) is 0 Å². The third-order valence-electron chi connectivity index (χ3n) is 2.49. The average molecular weight is 359 g/mol. The molecule has 7 nitrogen and oxygen atoms in total. The Hall–Kier alpha value is -2.09. The van der Waals surface area contributed by atoms with Gasteiger partial charge in [-0.05, 0) is 24.6 Å². The molecule has 1 rings (SSSR count). The summed E-state index contributed by atoms with van der Waals surface area (Å²) in [4.78, 5) is 33.6. The average Bonchev–Trinajstić information content (AvgIpc) is 2.44. The molecule has 0 heterocycles. The molecule has 0 aliphatic carbocycles. The van der Waals surface area contributed by atoms with Crippen LogP contribution < -0.4 is 10.6 Å². The second-order valence-corrected chi connectivity index (χ2v) is 4.98. The summed E-state index contributed by atoms with van der Waals surface area (Å²) in [6.45, 7) is 0.224. The van der Waals surface area contributed by atoms with Gasteiger partial charge in [0.1, 0.15) is 0 Å². The summed E-state index contributed by atoms with van der Waals surface area (Å²) in [5, 5.41) is 13.5. The van der Waals surface area contributed by atoms with Gasteiger partial charge in [-0.1, -0.05) is 15.9 Å². The van der Waals surface area contributed by atoms with E-state index in [2.05, 4.69) is 31.3 Å². The van der Waals surface area contributed by atoms with Gasteiger partial charge < -0.3 is 20.5 Å². The smallest absolute Gasteiger partial charge is 0.340 e. The first kappa shape index (κ1) is 17.0. The minimum absolute atomic E-state index is 0.0219. The first-order valence-electron chi connectivity index (χ1n) is 6.08. The zero-order chi connectivity index (χ0) is 15.8. The number of carbonyl (C=O) groups is 3. The summed E-state index contributed by atoms with van der Waals surface area (Å²) in [5.74, 6) is -1.49. The maximum atomic E-state index is 11.7. The van der Waals surface area contributed by atoms with E-state index in [4.69, 9.17) is 5.11 Å². The van der Waals surface area contributed by atoms with Gasteiger partial charge in [-0.3, -0.25) is 4.79 Å². The van der Waals surface area contributed by atoms with Crippen LogP contribution in [0.1, 0.15) is 23.2 Å². The van der Waals surface area contributed by atoms with Gasteiger partial charge in [0.05, 0.1) is 18.4 Å². The fraction of sp³-hybridized carbons (Fsp3) is 0.308. The van der Waals surface area contributed by atoms with Gasteiger partial charge in [-0.25, -0.2) is 9.59 Å². The lowest BCUT2D eigenvalue weighted by atomic mass is 10.2. The predicted octanol–water partition coefficient (Wildman–Crippen LogP) is 2.22. The molecule has 0 fully saturated rings. The van der Waals surface area contributed by atoms with E-state index in [1.54, 1.807) is 12.1 Å². The van der Waals surface area contributed by atoms with Crippen molar-refractivity contribution in [2.45, 2.75) is 12.8 Å². The van der Waals surface area contributed by atoms with Gasteiger partial charge in [0, 0.05) is 17.4 Å². The van der Waals surface area contributed by atoms with E-state index in [0.29, 0.717) is 16.6 Å². The molecule has 0 saturated carbocycles. The molecule has 21 heavy (non-hydrogen) atoms. The van der Waals surface area contributed by atoms with Crippen LogP contribution in [0.4, 0.5) is 10.5 Å². The van der Waals surface area contributed by atoms with Crippen LogP contribution in [0.25, 0.3) is 0 Å². The standard InChI is InChI=1S/C13H15BrN2O5/c1-21-12(19)9-7-8(14)4-5-10(9)16-13(20)15-6-2-3-11(17)18/h4-5,7H,2-3,6H2,1H3,(H,17,18)(H2,15,16,20). The maximum Gasteiger partial charge on any atom is 0.340 e. The number of hydrogen-bond acceptors (Lipinski definition) is 4. The Labute approximate surface area is 129 Å². The van der Waals surface area contributed by atoms with Crippen LogP contribution in [0.2, 0.25) is 0 Å². The highest BCUT2D eigenvalue weighted by molar-refractivity contribution is 9.10. The number of benzene rings is 1. The molecular formula is C13H15BrN2O5. The van der Waals surface area contributed by atoms with E-state index in [9.17, 15) is 14.4 Å². The van der Waals surface area contributed by atoms with Gasteiger partial charge in [0.15, 0.2) is 0 Å². The number of carbonyl (C=O) groups excluding carboxylic acids is 2. The van der Waals surface area contributed by atoms with Gasteiger partial charge in [0.2, 0.25) is 0 Å². The molecule has 0 aromatic heterocycles. The Morgan fingerprint density at radius 1 is 1.33 bits per heavy atom. The molecule has 3 N–H and O–H groups in total. The van der Waals surface area contributed by atoms with Gasteiger partial charge in [-0.15, -0.1) is 0 Å². The molecule has 0 aliphatic rings. The number of hydrogen-bond donors (Lipinski definition) is 3.